The second-order valence-corrected chi connectivity index (χ2v) is 4.39. The third-order valence-corrected chi connectivity index (χ3v) is 2.47. The lowest BCUT2D eigenvalue weighted by Gasteiger charge is -2.28. The number of hydrazine groups is 1. The van der Waals surface area contributed by atoms with Crippen LogP contribution in [0.2, 0.25) is 0 Å². The van der Waals surface area contributed by atoms with Crippen molar-refractivity contribution in [2.75, 3.05) is 0 Å². The maximum atomic E-state index is 5.28. The molecule has 3 N–H and O–H groups in total. The maximum Gasteiger partial charge on any atom is 0.0817 e. The molecule has 0 rings (SSSR count). The molecule has 0 amide bonds. The number of hydrogen-bond donors (Lipinski definition) is 2. The number of hydrogen-bond acceptors (Lipinski definition) is 2. The van der Waals surface area contributed by atoms with Gasteiger partial charge in [-0.2, -0.15) is 0 Å². The smallest absolute Gasteiger partial charge is 0.0817 e. The van der Waals surface area contributed by atoms with Crippen molar-refractivity contribution in [2.24, 2.45) is 17.2 Å². The minimum Gasteiger partial charge on any atom is -0.270 e. The van der Waals surface area contributed by atoms with Gasteiger partial charge in [-0.25, -0.2) is 5.43 Å². The Morgan fingerprint density at radius 3 is 2.25 bits per heavy atom. The first-order valence-electron chi connectivity index (χ1n) is 4.34. The highest BCUT2D eigenvalue weighted by atomic mass is 15.2. The molecule has 2 nitrogen and oxygen atoms in total. The van der Waals surface area contributed by atoms with Gasteiger partial charge in [0.1, 0.15) is 0 Å². The highest BCUT2D eigenvalue weighted by Crippen LogP contribution is 2.28. The largest absolute Gasteiger partial charge is 0.270 e. The van der Waals surface area contributed by atoms with Crippen molar-refractivity contribution in [2.45, 2.75) is 40.2 Å². The van der Waals surface area contributed by atoms with Crippen LogP contribution < -0.4 is 11.3 Å². The van der Waals surface area contributed by atoms with Gasteiger partial charge in [0.15, 0.2) is 0 Å². The molecule has 0 aromatic rings. The van der Waals surface area contributed by atoms with E-state index in [1.807, 2.05) is 0 Å². The van der Waals surface area contributed by atoms with E-state index in [0.29, 0.717) is 11.3 Å². The van der Waals surface area contributed by atoms with Crippen molar-refractivity contribution in [1.29, 1.82) is 0 Å². The van der Waals surface area contributed by atoms with Crippen LogP contribution in [0.15, 0.2) is 0 Å². The normalized spacial score (nSPS) is 16.7. The monoisotopic (exact) mass is 168 g/mol. The van der Waals surface area contributed by atoms with Crippen LogP contribution in [-0.4, -0.2) is 6.04 Å². The lowest BCUT2D eigenvalue weighted by atomic mass is 9.79. The summed E-state index contributed by atoms with van der Waals surface area (Å²) < 4.78 is 0. The molecule has 2 atom stereocenters. The molecule has 0 bridgehead atoms. The van der Waals surface area contributed by atoms with E-state index in [9.17, 15) is 0 Å². The summed E-state index contributed by atoms with van der Waals surface area (Å²) in [7, 11) is 0. The molecule has 0 spiro atoms. The zero-order chi connectivity index (χ0) is 9.78. The van der Waals surface area contributed by atoms with E-state index < -0.39 is 0 Å². The van der Waals surface area contributed by atoms with Gasteiger partial charge in [0.25, 0.3) is 0 Å². The fraction of sp³-hybridized carbons (Fsp3) is 0.800. The summed E-state index contributed by atoms with van der Waals surface area (Å²) in [6.45, 7) is 8.83. The predicted octanol–water partition coefficient (Wildman–Crippen LogP) is 1.52. The van der Waals surface area contributed by atoms with Gasteiger partial charge in [-0.05, 0) is 17.8 Å². The lowest BCUT2D eigenvalue weighted by molar-refractivity contribution is 0.235. The molecule has 70 valence electrons. The molecule has 0 radical (unpaired) electrons. The van der Waals surface area contributed by atoms with Crippen molar-refractivity contribution in [3.05, 3.63) is 0 Å². The Labute approximate surface area is 75.9 Å². The van der Waals surface area contributed by atoms with Crippen molar-refractivity contribution in [3.63, 3.8) is 0 Å². The zero-order valence-electron chi connectivity index (χ0n) is 8.52. The summed E-state index contributed by atoms with van der Waals surface area (Å²) in [6.07, 6.45) is 6.21. The number of terminal acetylenes is 1. The maximum absolute atomic E-state index is 5.28. The van der Waals surface area contributed by atoms with Gasteiger partial charge in [-0.3, -0.25) is 5.84 Å². The Kier molecular flexibility index (Phi) is 4.30. The molecule has 0 saturated carbocycles. The first-order chi connectivity index (χ1) is 5.41. The molecule has 2 unspecified atom stereocenters. The first kappa shape index (κ1) is 11.5. The Balaban J connectivity index is 4.01. The van der Waals surface area contributed by atoms with Crippen LogP contribution in [0.3, 0.4) is 0 Å². The minimum atomic E-state index is -0.000718. The van der Waals surface area contributed by atoms with E-state index in [-0.39, 0.29) is 6.04 Å². The first-order valence-corrected chi connectivity index (χ1v) is 4.34. The summed E-state index contributed by atoms with van der Waals surface area (Å²) in [6, 6.07) is -0.000718. The van der Waals surface area contributed by atoms with Gasteiger partial charge < -0.3 is 0 Å². The van der Waals surface area contributed by atoms with E-state index in [1.165, 1.54) is 0 Å². The topological polar surface area (TPSA) is 38.0 Å². The van der Waals surface area contributed by atoms with E-state index in [4.69, 9.17) is 12.3 Å². The van der Waals surface area contributed by atoms with Crippen LogP contribution in [0.1, 0.15) is 34.1 Å². The van der Waals surface area contributed by atoms with Gasteiger partial charge in [-0.1, -0.05) is 33.6 Å². The number of nitrogens with two attached hydrogens (primary N) is 1. The summed E-state index contributed by atoms with van der Waals surface area (Å²) in [5.74, 6) is 8.47. The van der Waals surface area contributed by atoms with Gasteiger partial charge >= 0.3 is 0 Å². The van der Waals surface area contributed by atoms with Crippen LogP contribution in [0, 0.1) is 23.7 Å². The molecule has 2 heteroatoms. The molecule has 0 fully saturated rings. The van der Waals surface area contributed by atoms with Crippen molar-refractivity contribution in [3.8, 4) is 12.3 Å². The van der Waals surface area contributed by atoms with Crippen molar-refractivity contribution in [1.82, 2.24) is 5.43 Å². The van der Waals surface area contributed by atoms with Gasteiger partial charge in [-0.15, -0.1) is 6.42 Å². The Bertz CT molecular complexity index is 162. The average Bonchev–Trinajstić information content (AvgIpc) is 1.97. The van der Waals surface area contributed by atoms with Gasteiger partial charge in [0, 0.05) is 0 Å². The summed E-state index contributed by atoms with van der Waals surface area (Å²) in [5, 5.41) is 0. The highest BCUT2D eigenvalue weighted by molar-refractivity contribution is 4.98. The molecular weight excluding hydrogens is 148 g/mol. The van der Waals surface area contributed by atoms with Crippen LogP contribution >= 0.6 is 0 Å². The van der Waals surface area contributed by atoms with E-state index >= 15 is 0 Å². The number of nitrogens with one attached hydrogen (secondary N) is 1. The Morgan fingerprint density at radius 1 is 1.50 bits per heavy atom. The van der Waals surface area contributed by atoms with Crippen molar-refractivity contribution < 1.29 is 0 Å². The van der Waals surface area contributed by atoms with Crippen LogP contribution in [0.5, 0.6) is 0 Å². The lowest BCUT2D eigenvalue weighted by Crippen LogP contribution is -2.37. The predicted molar refractivity (Wildman–Crippen MR) is 53.2 cm³/mol. The Hall–Kier alpha value is -0.520. The number of rotatable bonds is 3. The van der Waals surface area contributed by atoms with E-state index in [0.717, 1.165) is 6.42 Å². The molecule has 0 saturated heterocycles. The fourth-order valence-electron chi connectivity index (χ4n) is 0.891. The van der Waals surface area contributed by atoms with Crippen LogP contribution in [0.25, 0.3) is 0 Å². The average molecular weight is 168 g/mol. The second kappa shape index (κ2) is 4.49. The van der Waals surface area contributed by atoms with E-state index in [1.54, 1.807) is 0 Å². The molecule has 0 aromatic heterocycles. The summed E-state index contributed by atoms with van der Waals surface area (Å²) in [5.41, 5.74) is 2.92. The molecule has 0 aromatic carbocycles. The minimum absolute atomic E-state index is 0.000718. The van der Waals surface area contributed by atoms with Gasteiger partial charge in [0.2, 0.25) is 0 Å². The summed E-state index contributed by atoms with van der Waals surface area (Å²) in [4.78, 5) is 0. The third-order valence-electron chi connectivity index (χ3n) is 2.47. The standard InChI is InChI=1S/C10H20N2/c1-6-9(12-11)7-8(2)10(3,4)5/h1,8-9,12H,7,11H2,2-5H3. The second-order valence-electron chi connectivity index (χ2n) is 4.39. The molecule has 0 aliphatic rings. The van der Waals surface area contributed by atoms with Crippen LogP contribution in [0.4, 0.5) is 0 Å². The fourth-order valence-corrected chi connectivity index (χ4v) is 0.891. The van der Waals surface area contributed by atoms with Gasteiger partial charge in [0.05, 0.1) is 6.04 Å². The Morgan fingerprint density at radius 2 is 2.00 bits per heavy atom. The molecule has 0 aliphatic heterocycles. The van der Waals surface area contributed by atoms with E-state index in [2.05, 4.69) is 39.0 Å². The highest BCUT2D eigenvalue weighted by Gasteiger charge is 2.22. The molecule has 12 heavy (non-hydrogen) atoms. The third kappa shape index (κ3) is 3.75. The zero-order valence-corrected chi connectivity index (χ0v) is 8.52. The van der Waals surface area contributed by atoms with Crippen molar-refractivity contribution >= 4 is 0 Å². The molecule has 0 heterocycles. The summed E-state index contributed by atoms with van der Waals surface area (Å²) >= 11 is 0. The molecular formula is C10H20N2. The SMILES string of the molecule is C#CC(CC(C)C(C)(C)C)NN. The molecule has 0 aliphatic carbocycles. The quantitative estimate of drug-likeness (QED) is 0.381. The van der Waals surface area contributed by atoms with Crippen LogP contribution in [-0.2, 0) is 0 Å².